The minimum atomic E-state index is -0.761. The number of methoxy groups -OCH3 is 1. The molecule has 1 aromatic heterocycles. The van der Waals surface area contributed by atoms with Crippen LogP contribution in [0.3, 0.4) is 0 Å². The predicted octanol–water partition coefficient (Wildman–Crippen LogP) is 3.63. The molecule has 0 unspecified atom stereocenters. The van der Waals surface area contributed by atoms with E-state index in [0.717, 1.165) is 11.3 Å². The summed E-state index contributed by atoms with van der Waals surface area (Å²) in [7, 11) is 1.58. The lowest BCUT2D eigenvalue weighted by Crippen LogP contribution is -2.29. The van der Waals surface area contributed by atoms with Gasteiger partial charge in [0, 0.05) is 38.1 Å². The number of rotatable bonds is 11. The summed E-state index contributed by atoms with van der Waals surface area (Å²) in [5.41, 5.74) is 0.412. The highest BCUT2D eigenvalue weighted by atomic mass is 16.5. The van der Waals surface area contributed by atoms with Crippen molar-refractivity contribution in [2.24, 2.45) is 0 Å². The monoisotopic (exact) mass is 453 g/mol. The number of para-hydroxylation sites is 1. The molecule has 174 valence electrons. The number of ether oxygens (including phenoxy) is 3. The van der Waals surface area contributed by atoms with Crippen LogP contribution < -0.4 is 20.4 Å². The van der Waals surface area contributed by atoms with E-state index in [1.807, 2.05) is 31.2 Å². The zero-order valence-electron chi connectivity index (χ0n) is 18.7. The topological polar surface area (TPSA) is 104 Å². The molecule has 0 aliphatic rings. The van der Waals surface area contributed by atoms with Gasteiger partial charge in [-0.25, -0.2) is 4.79 Å². The van der Waals surface area contributed by atoms with Crippen LogP contribution in [0.2, 0.25) is 0 Å². The fraction of sp³-hybridized carbons (Fsp3) is 0.320. The second-order valence-electron chi connectivity index (χ2n) is 7.44. The van der Waals surface area contributed by atoms with E-state index in [9.17, 15) is 14.4 Å². The summed E-state index contributed by atoms with van der Waals surface area (Å²) in [5.74, 6) is 0.119. The molecule has 33 heavy (non-hydrogen) atoms. The molecular weight excluding hydrogens is 426 g/mol. The van der Waals surface area contributed by atoms with Crippen molar-refractivity contribution >= 4 is 22.8 Å². The van der Waals surface area contributed by atoms with Crippen molar-refractivity contribution in [1.82, 2.24) is 5.32 Å². The molecule has 0 aliphatic carbocycles. The summed E-state index contributed by atoms with van der Waals surface area (Å²) in [6.07, 6.45) is 1.31. The third-order valence-electron chi connectivity index (χ3n) is 4.87. The highest BCUT2D eigenvalue weighted by molar-refractivity contribution is 5.96. The van der Waals surface area contributed by atoms with Crippen LogP contribution in [0.15, 0.2) is 57.7 Å². The minimum Gasteiger partial charge on any atom is -0.493 e. The van der Waals surface area contributed by atoms with E-state index in [1.165, 1.54) is 12.1 Å². The van der Waals surface area contributed by atoms with Crippen LogP contribution in [0, 0.1) is 6.92 Å². The highest BCUT2D eigenvalue weighted by Gasteiger charge is 2.14. The first-order chi connectivity index (χ1) is 16.0. The average molecular weight is 453 g/mol. The Morgan fingerprint density at radius 1 is 1.03 bits per heavy atom. The molecule has 3 aromatic rings. The molecule has 1 amide bonds. The van der Waals surface area contributed by atoms with Gasteiger partial charge in [-0.3, -0.25) is 9.59 Å². The molecule has 0 aliphatic heterocycles. The number of benzene rings is 2. The Morgan fingerprint density at radius 2 is 1.85 bits per heavy atom. The first-order valence-corrected chi connectivity index (χ1v) is 10.7. The first kappa shape index (κ1) is 24.0. The summed E-state index contributed by atoms with van der Waals surface area (Å²) in [6, 6.07) is 13.8. The predicted molar refractivity (Wildman–Crippen MR) is 123 cm³/mol. The van der Waals surface area contributed by atoms with Crippen molar-refractivity contribution in [3.8, 4) is 11.5 Å². The van der Waals surface area contributed by atoms with Gasteiger partial charge in [0.1, 0.15) is 22.6 Å². The first-order valence-electron chi connectivity index (χ1n) is 10.7. The van der Waals surface area contributed by atoms with Crippen LogP contribution in [-0.4, -0.2) is 38.7 Å². The molecular formula is C25H27NO7. The van der Waals surface area contributed by atoms with Crippen LogP contribution in [0.4, 0.5) is 0 Å². The van der Waals surface area contributed by atoms with E-state index < -0.39 is 17.5 Å². The number of hydrogen-bond acceptors (Lipinski definition) is 7. The molecule has 1 N–H and O–H groups in total. The van der Waals surface area contributed by atoms with Gasteiger partial charge >= 0.3 is 11.6 Å². The highest BCUT2D eigenvalue weighted by Crippen LogP contribution is 2.21. The van der Waals surface area contributed by atoms with Gasteiger partial charge in [-0.2, -0.15) is 0 Å². The molecule has 0 bridgehead atoms. The van der Waals surface area contributed by atoms with Gasteiger partial charge in [-0.1, -0.05) is 18.2 Å². The lowest BCUT2D eigenvalue weighted by Gasteiger charge is -2.09. The molecule has 0 spiro atoms. The van der Waals surface area contributed by atoms with Gasteiger partial charge in [0.05, 0.1) is 6.61 Å². The number of esters is 1. The summed E-state index contributed by atoms with van der Waals surface area (Å²) in [4.78, 5) is 36.6. The normalized spacial score (nSPS) is 10.7. The van der Waals surface area contributed by atoms with Crippen LogP contribution in [-0.2, 0) is 9.53 Å². The van der Waals surface area contributed by atoms with Crippen LogP contribution in [0.5, 0.6) is 11.5 Å². The zero-order chi connectivity index (χ0) is 23.6. The Balaban J connectivity index is 1.54. The van der Waals surface area contributed by atoms with Crippen molar-refractivity contribution < 1.29 is 28.2 Å². The van der Waals surface area contributed by atoms with E-state index in [-0.39, 0.29) is 23.3 Å². The van der Waals surface area contributed by atoms with Gasteiger partial charge < -0.3 is 23.9 Å². The number of fused-ring (bicyclic) bond motifs is 1. The van der Waals surface area contributed by atoms with E-state index in [4.69, 9.17) is 18.6 Å². The van der Waals surface area contributed by atoms with E-state index in [1.54, 1.807) is 19.2 Å². The lowest BCUT2D eigenvalue weighted by atomic mass is 10.1. The fourth-order valence-electron chi connectivity index (χ4n) is 3.13. The molecule has 3 rings (SSSR count). The Bertz CT molecular complexity index is 1170. The number of carbonyl (C=O) groups is 2. The summed E-state index contributed by atoms with van der Waals surface area (Å²) < 4.78 is 21.2. The number of carbonyl (C=O) groups excluding carboxylic acids is 2. The van der Waals surface area contributed by atoms with Crippen molar-refractivity contribution in [3.63, 3.8) is 0 Å². The van der Waals surface area contributed by atoms with E-state index >= 15 is 0 Å². The minimum absolute atomic E-state index is 0.0849. The molecule has 8 nitrogen and oxygen atoms in total. The fourth-order valence-corrected chi connectivity index (χ4v) is 3.13. The average Bonchev–Trinajstić information content (AvgIpc) is 2.80. The number of amides is 1. The summed E-state index contributed by atoms with van der Waals surface area (Å²) in [6.45, 7) is 3.24. The third-order valence-corrected chi connectivity index (χ3v) is 4.87. The molecule has 0 saturated heterocycles. The molecule has 2 aromatic carbocycles. The second kappa shape index (κ2) is 11.8. The largest absolute Gasteiger partial charge is 0.493 e. The van der Waals surface area contributed by atoms with Crippen LogP contribution >= 0.6 is 0 Å². The molecule has 0 atom stereocenters. The summed E-state index contributed by atoms with van der Waals surface area (Å²) in [5, 5.41) is 3.20. The van der Waals surface area contributed by atoms with Gasteiger partial charge in [0.2, 0.25) is 0 Å². The SMILES string of the molecule is COCCCNC(=O)c1cc2ccc(OC(=O)CCCOc3ccccc3C)cc2oc1=O. The van der Waals surface area contributed by atoms with Crippen molar-refractivity contribution in [3.05, 3.63) is 70.1 Å². The maximum absolute atomic E-state index is 12.2. The third kappa shape index (κ3) is 6.92. The van der Waals surface area contributed by atoms with Gasteiger partial charge in [0.15, 0.2) is 0 Å². The van der Waals surface area contributed by atoms with Gasteiger partial charge in [-0.05, 0) is 49.6 Å². The van der Waals surface area contributed by atoms with Gasteiger partial charge in [0.25, 0.3) is 5.91 Å². The van der Waals surface area contributed by atoms with Crippen molar-refractivity contribution in [1.29, 1.82) is 0 Å². The zero-order valence-corrected chi connectivity index (χ0v) is 18.7. The Kier molecular flexibility index (Phi) is 8.60. The van der Waals surface area contributed by atoms with Gasteiger partial charge in [-0.15, -0.1) is 0 Å². The molecule has 1 heterocycles. The van der Waals surface area contributed by atoms with Crippen LogP contribution in [0.1, 0.15) is 35.2 Å². The maximum Gasteiger partial charge on any atom is 0.349 e. The smallest absolute Gasteiger partial charge is 0.349 e. The Hall–Kier alpha value is -3.65. The van der Waals surface area contributed by atoms with E-state index in [2.05, 4.69) is 5.32 Å². The van der Waals surface area contributed by atoms with Crippen LogP contribution in [0.25, 0.3) is 11.0 Å². The number of aryl methyl sites for hydroxylation is 1. The molecule has 0 fully saturated rings. The molecule has 8 heteroatoms. The molecule has 0 radical (unpaired) electrons. The lowest BCUT2D eigenvalue weighted by molar-refractivity contribution is -0.134. The van der Waals surface area contributed by atoms with Crippen molar-refractivity contribution in [2.75, 3.05) is 26.9 Å². The maximum atomic E-state index is 12.2. The number of hydrogen-bond donors (Lipinski definition) is 1. The Labute approximate surface area is 191 Å². The van der Waals surface area contributed by atoms with Crippen molar-refractivity contribution in [2.45, 2.75) is 26.2 Å². The second-order valence-corrected chi connectivity index (χ2v) is 7.44. The van der Waals surface area contributed by atoms with E-state index in [0.29, 0.717) is 38.0 Å². The summed E-state index contributed by atoms with van der Waals surface area (Å²) >= 11 is 0. The molecule has 0 saturated carbocycles. The quantitative estimate of drug-likeness (QED) is 0.205. The number of nitrogens with one attached hydrogen (secondary N) is 1. The Morgan fingerprint density at radius 3 is 2.64 bits per heavy atom. The standard InChI is InChI=1S/C25H27NO7/c1-17-7-3-4-8-21(17)31-14-5-9-23(27)32-19-11-10-18-15-20(25(29)33-22(18)16-19)24(28)26-12-6-13-30-2/h3-4,7-8,10-11,15-16H,5-6,9,12-14H2,1-2H3,(H,26,28).